The van der Waals surface area contributed by atoms with Gasteiger partial charge < -0.3 is 10.4 Å². The molecule has 1 amide bonds. The van der Waals surface area contributed by atoms with Crippen LogP contribution < -0.4 is 5.32 Å². The first-order chi connectivity index (χ1) is 9.52. The lowest BCUT2D eigenvalue weighted by molar-refractivity contribution is -0.142. The molecule has 2 N–H and O–H groups in total. The van der Waals surface area contributed by atoms with E-state index in [4.69, 9.17) is 5.11 Å². The van der Waals surface area contributed by atoms with Crippen LogP contribution >= 0.6 is 11.3 Å². The highest BCUT2D eigenvalue weighted by Crippen LogP contribution is 2.11. The van der Waals surface area contributed by atoms with Crippen LogP contribution in [0.3, 0.4) is 0 Å². The van der Waals surface area contributed by atoms with E-state index in [-0.39, 0.29) is 5.91 Å². The van der Waals surface area contributed by atoms with Gasteiger partial charge in [-0.2, -0.15) is 0 Å². The Morgan fingerprint density at radius 2 is 2.20 bits per heavy atom. The quantitative estimate of drug-likeness (QED) is 0.734. The summed E-state index contributed by atoms with van der Waals surface area (Å²) in [5, 5.41) is 14.6. The van der Waals surface area contributed by atoms with E-state index in [1.807, 2.05) is 19.2 Å². The van der Waals surface area contributed by atoms with Crippen LogP contribution in [0.15, 0.2) is 5.38 Å². The topological polar surface area (TPSA) is 79.3 Å². The molecular weight excluding hydrogens is 276 g/mol. The standard InChI is InChI=1S/C14H22N2O3S/c1-3-4-6-11(14(18)19)16-12(17)7-5-8-13-15-10(2)9-20-13/h9,11H,3-8H2,1-2H3,(H,16,17)(H,18,19). The van der Waals surface area contributed by atoms with Crippen LogP contribution in [-0.4, -0.2) is 28.0 Å². The average Bonchev–Trinajstić information content (AvgIpc) is 2.80. The van der Waals surface area contributed by atoms with Crippen LogP contribution in [-0.2, 0) is 16.0 Å². The SMILES string of the molecule is CCCCC(NC(=O)CCCc1nc(C)cs1)C(=O)O. The van der Waals surface area contributed by atoms with Crippen molar-refractivity contribution in [1.82, 2.24) is 10.3 Å². The average molecular weight is 298 g/mol. The van der Waals surface area contributed by atoms with Gasteiger partial charge in [-0.3, -0.25) is 4.79 Å². The first kappa shape index (κ1) is 16.6. The Kier molecular flexibility index (Phi) is 7.22. The van der Waals surface area contributed by atoms with E-state index >= 15 is 0 Å². The number of hydrogen-bond acceptors (Lipinski definition) is 4. The van der Waals surface area contributed by atoms with Crippen molar-refractivity contribution in [2.75, 3.05) is 0 Å². The molecule has 0 fully saturated rings. The second-order valence-electron chi connectivity index (χ2n) is 4.84. The lowest BCUT2D eigenvalue weighted by atomic mass is 10.1. The molecule has 0 saturated carbocycles. The van der Waals surface area contributed by atoms with E-state index in [0.717, 1.165) is 30.0 Å². The molecule has 1 aromatic rings. The molecule has 0 aromatic carbocycles. The first-order valence-corrected chi connectivity index (χ1v) is 7.84. The minimum Gasteiger partial charge on any atom is -0.480 e. The van der Waals surface area contributed by atoms with Crippen molar-refractivity contribution < 1.29 is 14.7 Å². The van der Waals surface area contributed by atoms with Gasteiger partial charge in [-0.1, -0.05) is 19.8 Å². The first-order valence-electron chi connectivity index (χ1n) is 6.96. The predicted octanol–water partition coefficient (Wildman–Crippen LogP) is 2.53. The Morgan fingerprint density at radius 1 is 1.45 bits per heavy atom. The smallest absolute Gasteiger partial charge is 0.326 e. The van der Waals surface area contributed by atoms with Gasteiger partial charge in [-0.25, -0.2) is 9.78 Å². The van der Waals surface area contributed by atoms with Crippen LogP contribution in [0, 0.1) is 6.92 Å². The van der Waals surface area contributed by atoms with Crippen molar-refractivity contribution in [2.45, 2.75) is 58.4 Å². The molecule has 5 nitrogen and oxygen atoms in total. The monoisotopic (exact) mass is 298 g/mol. The zero-order valence-electron chi connectivity index (χ0n) is 12.0. The molecule has 1 rings (SSSR count). The molecule has 6 heteroatoms. The van der Waals surface area contributed by atoms with E-state index < -0.39 is 12.0 Å². The van der Waals surface area contributed by atoms with Crippen LogP contribution in [0.2, 0.25) is 0 Å². The summed E-state index contributed by atoms with van der Waals surface area (Å²) >= 11 is 1.59. The van der Waals surface area contributed by atoms with Gasteiger partial charge in [0, 0.05) is 17.5 Å². The van der Waals surface area contributed by atoms with Crippen molar-refractivity contribution in [2.24, 2.45) is 0 Å². The number of nitrogens with zero attached hydrogens (tertiary/aromatic N) is 1. The number of carbonyl (C=O) groups excluding carboxylic acids is 1. The maximum absolute atomic E-state index is 11.7. The number of carbonyl (C=O) groups is 2. The summed E-state index contributed by atoms with van der Waals surface area (Å²) in [5.41, 5.74) is 1.000. The maximum atomic E-state index is 11.7. The highest BCUT2D eigenvalue weighted by atomic mass is 32.1. The number of rotatable bonds is 9. The molecule has 20 heavy (non-hydrogen) atoms. The molecule has 1 aromatic heterocycles. The normalized spacial score (nSPS) is 12.1. The molecule has 0 aliphatic heterocycles. The minimum atomic E-state index is -0.956. The third-order valence-corrected chi connectivity index (χ3v) is 3.97. The van der Waals surface area contributed by atoms with Crippen molar-refractivity contribution in [3.8, 4) is 0 Å². The summed E-state index contributed by atoms with van der Waals surface area (Å²) in [4.78, 5) is 27.1. The fourth-order valence-electron chi connectivity index (χ4n) is 1.85. The molecule has 1 atom stereocenters. The van der Waals surface area contributed by atoms with Gasteiger partial charge in [0.05, 0.1) is 5.01 Å². The maximum Gasteiger partial charge on any atom is 0.326 e. The number of aliphatic carboxylic acids is 1. The van der Waals surface area contributed by atoms with Gasteiger partial charge in [-0.15, -0.1) is 11.3 Å². The van der Waals surface area contributed by atoms with Crippen LogP contribution in [0.5, 0.6) is 0 Å². The number of thiazole rings is 1. The number of aromatic nitrogens is 1. The Hall–Kier alpha value is -1.43. The van der Waals surface area contributed by atoms with E-state index in [9.17, 15) is 9.59 Å². The van der Waals surface area contributed by atoms with E-state index in [2.05, 4.69) is 10.3 Å². The zero-order valence-corrected chi connectivity index (χ0v) is 12.8. The third-order valence-electron chi connectivity index (χ3n) is 2.94. The second kappa shape index (κ2) is 8.68. The molecule has 0 aliphatic carbocycles. The van der Waals surface area contributed by atoms with E-state index in [1.54, 1.807) is 11.3 Å². The van der Waals surface area contributed by atoms with Gasteiger partial charge in [0.2, 0.25) is 5.91 Å². The Labute approximate surface area is 123 Å². The molecule has 0 saturated heterocycles. The number of carboxylic acids is 1. The van der Waals surface area contributed by atoms with E-state index in [0.29, 0.717) is 19.3 Å². The van der Waals surface area contributed by atoms with Gasteiger partial charge in [0.25, 0.3) is 0 Å². The highest BCUT2D eigenvalue weighted by molar-refractivity contribution is 7.09. The molecular formula is C14H22N2O3S. The van der Waals surface area contributed by atoms with Crippen molar-refractivity contribution in [3.63, 3.8) is 0 Å². The molecule has 0 aliphatic rings. The second-order valence-corrected chi connectivity index (χ2v) is 5.78. The molecule has 0 spiro atoms. The molecule has 1 heterocycles. The summed E-state index contributed by atoms with van der Waals surface area (Å²) in [6.45, 7) is 3.94. The fraction of sp³-hybridized carbons (Fsp3) is 0.643. The Bertz CT molecular complexity index is 445. The van der Waals surface area contributed by atoms with Crippen LogP contribution in [0.4, 0.5) is 0 Å². The Balaban J connectivity index is 2.28. The number of nitrogens with one attached hydrogen (secondary N) is 1. The van der Waals surface area contributed by atoms with Gasteiger partial charge in [0.1, 0.15) is 6.04 Å². The number of carboxylic acid groups (broad SMARTS) is 1. The molecule has 112 valence electrons. The van der Waals surface area contributed by atoms with Crippen molar-refractivity contribution in [1.29, 1.82) is 0 Å². The lowest BCUT2D eigenvalue weighted by Crippen LogP contribution is -2.40. The number of aryl methyl sites for hydroxylation is 2. The largest absolute Gasteiger partial charge is 0.480 e. The van der Waals surface area contributed by atoms with Gasteiger partial charge in [0.15, 0.2) is 0 Å². The summed E-state index contributed by atoms with van der Waals surface area (Å²) in [6, 6.07) is -0.760. The summed E-state index contributed by atoms with van der Waals surface area (Å²) in [6.07, 6.45) is 4.01. The third kappa shape index (κ3) is 6.14. The van der Waals surface area contributed by atoms with Gasteiger partial charge in [-0.05, 0) is 26.2 Å². The number of unbranched alkanes of at least 4 members (excludes halogenated alkanes) is 1. The molecule has 1 unspecified atom stereocenters. The van der Waals surface area contributed by atoms with Crippen LogP contribution in [0.1, 0.15) is 49.7 Å². The van der Waals surface area contributed by atoms with E-state index in [1.165, 1.54) is 0 Å². The Morgan fingerprint density at radius 3 is 2.75 bits per heavy atom. The minimum absolute atomic E-state index is 0.193. The van der Waals surface area contributed by atoms with Crippen molar-refractivity contribution in [3.05, 3.63) is 16.1 Å². The molecule has 0 bridgehead atoms. The number of amides is 1. The van der Waals surface area contributed by atoms with Gasteiger partial charge >= 0.3 is 5.97 Å². The lowest BCUT2D eigenvalue weighted by Gasteiger charge is -2.13. The zero-order chi connectivity index (χ0) is 15.0. The fourth-order valence-corrected chi connectivity index (χ4v) is 2.67. The summed E-state index contributed by atoms with van der Waals surface area (Å²) < 4.78 is 0. The van der Waals surface area contributed by atoms with Crippen molar-refractivity contribution >= 4 is 23.2 Å². The number of hydrogen-bond donors (Lipinski definition) is 2. The highest BCUT2D eigenvalue weighted by Gasteiger charge is 2.18. The summed E-state index contributed by atoms with van der Waals surface area (Å²) in [5.74, 6) is -1.15. The molecule has 0 radical (unpaired) electrons. The van der Waals surface area contributed by atoms with Crippen LogP contribution in [0.25, 0.3) is 0 Å². The predicted molar refractivity (Wildman–Crippen MR) is 78.9 cm³/mol. The summed E-state index contributed by atoms with van der Waals surface area (Å²) in [7, 11) is 0.